The predicted molar refractivity (Wildman–Crippen MR) is 121 cm³/mol. The van der Waals surface area contributed by atoms with Gasteiger partial charge in [-0.1, -0.05) is 47.5 Å². The van der Waals surface area contributed by atoms with E-state index < -0.39 is 0 Å². The van der Waals surface area contributed by atoms with E-state index in [0.717, 1.165) is 26.4 Å². The molecule has 1 amide bonds. The Bertz CT molecular complexity index is 1200. The Morgan fingerprint density at radius 3 is 2.66 bits per heavy atom. The Morgan fingerprint density at radius 1 is 1.10 bits per heavy atom. The molecule has 3 aromatic carbocycles. The Balaban J connectivity index is 1.70. The zero-order chi connectivity index (χ0) is 20.5. The second-order valence-electron chi connectivity index (χ2n) is 6.39. The second kappa shape index (κ2) is 8.03. The zero-order valence-corrected chi connectivity index (χ0v) is 18.0. The van der Waals surface area contributed by atoms with E-state index in [1.807, 2.05) is 49.4 Å². The average Bonchev–Trinajstić information content (AvgIpc) is 3.13. The fourth-order valence-electron chi connectivity index (χ4n) is 3.12. The number of ether oxygens (including phenoxy) is 1. The third-order valence-corrected chi connectivity index (χ3v) is 6.13. The molecule has 1 heterocycles. The first kappa shape index (κ1) is 19.7. The molecule has 0 atom stereocenters. The Hall–Kier alpha value is -2.60. The van der Waals surface area contributed by atoms with Gasteiger partial charge in [0.25, 0.3) is 5.91 Å². The maximum Gasteiger partial charge on any atom is 0.259 e. The lowest BCUT2D eigenvalue weighted by atomic mass is 10.1. The highest BCUT2D eigenvalue weighted by molar-refractivity contribution is 7.21. The minimum atomic E-state index is -0.351. The van der Waals surface area contributed by atoms with Crippen LogP contribution in [0, 0.1) is 6.92 Å². The van der Waals surface area contributed by atoms with Crippen molar-refractivity contribution in [2.24, 2.45) is 0 Å². The number of methoxy groups -OCH3 is 1. The van der Waals surface area contributed by atoms with Gasteiger partial charge in [-0.25, -0.2) is 4.98 Å². The number of hydrogen-bond donors (Lipinski definition) is 1. The minimum Gasteiger partial charge on any atom is -0.494 e. The number of benzene rings is 3. The maximum absolute atomic E-state index is 12.9. The van der Waals surface area contributed by atoms with Crippen LogP contribution in [0.15, 0.2) is 54.6 Å². The Kier molecular flexibility index (Phi) is 5.46. The van der Waals surface area contributed by atoms with Crippen LogP contribution in [-0.4, -0.2) is 18.0 Å². The number of nitrogens with one attached hydrogen (secondary N) is 1. The number of thiazole rings is 1. The molecule has 29 heavy (non-hydrogen) atoms. The van der Waals surface area contributed by atoms with Gasteiger partial charge in [-0.05, 0) is 42.8 Å². The summed E-state index contributed by atoms with van der Waals surface area (Å²) in [5, 5.41) is 4.49. The van der Waals surface area contributed by atoms with E-state index in [1.54, 1.807) is 11.3 Å². The third-order valence-electron chi connectivity index (χ3n) is 4.56. The molecule has 0 spiro atoms. The van der Waals surface area contributed by atoms with Crippen molar-refractivity contribution in [3.05, 3.63) is 75.8 Å². The number of aromatic nitrogens is 1. The van der Waals surface area contributed by atoms with Crippen LogP contribution in [0.4, 0.5) is 5.69 Å². The molecule has 4 aromatic rings. The summed E-state index contributed by atoms with van der Waals surface area (Å²) in [6, 6.07) is 16.8. The normalized spacial score (nSPS) is 10.9. The fourth-order valence-corrected chi connectivity index (χ4v) is 4.74. The molecule has 0 unspecified atom stereocenters. The first-order chi connectivity index (χ1) is 14.0. The first-order valence-corrected chi connectivity index (χ1v) is 10.3. The quantitative estimate of drug-likeness (QED) is 0.376. The first-order valence-electron chi connectivity index (χ1n) is 8.78. The Morgan fingerprint density at radius 2 is 1.90 bits per heavy atom. The fraction of sp³-hybridized carbons (Fsp3) is 0.0909. The summed E-state index contributed by atoms with van der Waals surface area (Å²) in [5.41, 5.74) is 3.81. The van der Waals surface area contributed by atoms with Gasteiger partial charge >= 0.3 is 0 Å². The van der Waals surface area contributed by atoms with Crippen molar-refractivity contribution in [3.63, 3.8) is 0 Å². The van der Waals surface area contributed by atoms with Gasteiger partial charge in [-0.15, -0.1) is 11.3 Å². The number of hydrogen-bond acceptors (Lipinski definition) is 4. The highest BCUT2D eigenvalue weighted by Crippen LogP contribution is 2.36. The number of fused-ring (bicyclic) bond motifs is 1. The topological polar surface area (TPSA) is 51.2 Å². The van der Waals surface area contributed by atoms with E-state index in [0.29, 0.717) is 10.7 Å². The molecule has 7 heteroatoms. The summed E-state index contributed by atoms with van der Waals surface area (Å²) in [4.78, 5) is 17.6. The molecule has 0 radical (unpaired) electrons. The van der Waals surface area contributed by atoms with E-state index in [2.05, 4.69) is 5.32 Å². The standard InChI is InChI=1S/C22H16Cl2N2O2S/c1-12-14(22-26-18-7-3-4-9-19(18)29-22)6-5-8-17(12)25-21(27)15-10-13(23)11-16(24)20(15)28-2/h3-11H,1-2H3,(H,25,27). The molecule has 0 aliphatic heterocycles. The summed E-state index contributed by atoms with van der Waals surface area (Å²) in [5.74, 6) is -0.0654. The molecular formula is C22H16Cl2N2O2S. The summed E-state index contributed by atoms with van der Waals surface area (Å²) in [7, 11) is 1.46. The molecule has 0 saturated carbocycles. The molecule has 4 nitrogen and oxygen atoms in total. The number of halogens is 2. The molecule has 0 aliphatic carbocycles. The van der Waals surface area contributed by atoms with Gasteiger partial charge in [0.15, 0.2) is 0 Å². The third kappa shape index (κ3) is 3.81. The number of nitrogens with zero attached hydrogens (tertiary/aromatic N) is 1. The highest BCUT2D eigenvalue weighted by Gasteiger charge is 2.19. The summed E-state index contributed by atoms with van der Waals surface area (Å²) < 4.78 is 6.41. The monoisotopic (exact) mass is 442 g/mol. The number of anilines is 1. The number of carbonyl (C=O) groups is 1. The number of carbonyl (C=O) groups excluding carboxylic acids is 1. The van der Waals surface area contributed by atoms with Crippen LogP contribution in [0.3, 0.4) is 0 Å². The molecule has 0 bridgehead atoms. The average molecular weight is 443 g/mol. The van der Waals surface area contributed by atoms with Gasteiger partial charge < -0.3 is 10.1 Å². The van der Waals surface area contributed by atoms with E-state index in [4.69, 9.17) is 32.9 Å². The van der Waals surface area contributed by atoms with E-state index in [9.17, 15) is 4.79 Å². The molecule has 146 valence electrons. The summed E-state index contributed by atoms with van der Waals surface area (Å²) >= 11 is 13.9. The van der Waals surface area contributed by atoms with Gasteiger partial charge in [0, 0.05) is 16.3 Å². The largest absolute Gasteiger partial charge is 0.494 e. The van der Waals surface area contributed by atoms with Crippen LogP contribution in [-0.2, 0) is 0 Å². The van der Waals surface area contributed by atoms with Crippen LogP contribution in [0.25, 0.3) is 20.8 Å². The van der Waals surface area contributed by atoms with Gasteiger partial charge in [0.2, 0.25) is 0 Å². The Labute approximate surface area is 182 Å². The maximum atomic E-state index is 12.9. The number of amides is 1. The molecule has 4 rings (SSSR count). The SMILES string of the molecule is COc1c(Cl)cc(Cl)cc1C(=O)Nc1cccc(-c2nc3ccccc3s2)c1C. The molecule has 0 saturated heterocycles. The van der Waals surface area contributed by atoms with E-state index in [1.165, 1.54) is 19.2 Å². The molecule has 1 N–H and O–H groups in total. The lowest BCUT2D eigenvalue weighted by Crippen LogP contribution is -2.14. The van der Waals surface area contributed by atoms with Crippen LogP contribution >= 0.6 is 34.5 Å². The molecule has 1 aromatic heterocycles. The van der Waals surface area contributed by atoms with Gasteiger partial charge in [0.05, 0.1) is 27.9 Å². The van der Waals surface area contributed by atoms with Crippen molar-refractivity contribution >= 4 is 56.3 Å². The smallest absolute Gasteiger partial charge is 0.259 e. The molecule has 0 fully saturated rings. The number of para-hydroxylation sites is 1. The molecule has 0 aliphatic rings. The lowest BCUT2D eigenvalue weighted by Gasteiger charge is -2.14. The molecular weight excluding hydrogens is 427 g/mol. The van der Waals surface area contributed by atoms with Crippen LogP contribution in [0.2, 0.25) is 10.0 Å². The van der Waals surface area contributed by atoms with Gasteiger partial charge in [-0.3, -0.25) is 4.79 Å². The van der Waals surface area contributed by atoms with Crippen molar-refractivity contribution in [3.8, 4) is 16.3 Å². The van der Waals surface area contributed by atoms with Crippen molar-refractivity contribution in [1.29, 1.82) is 0 Å². The summed E-state index contributed by atoms with van der Waals surface area (Å²) in [6.45, 7) is 1.96. The zero-order valence-electron chi connectivity index (χ0n) is 15.6. The van der Waals surface area contributed by atoms with E-state index >= 15 is 0 Å². The lowest BCUT2D eigenvalue weighted by molar-refractivity contribution is 0.102. The van der Waals surface area contributed by atoms with Crippen molar-refractivity contribution in [2.45, 2.75) is 6.92 Å². The van der Waals surface area contributed by atoms with Crippen LogP contribution in [0.5, 0.6) is 5.75 Å². The van der Waals surface area contributed by atoms with Crippen LogP contribution in [0.1, 0.15) is 15.9 Å². The van der Waals surface area contributed by atoms with Gasteiger partial charge in [-0.2, -0.15) is 0 Å². The van der Waals surface area contributed by atoms with Crippen LogP contribution < -0.4 is 10.1 Å². The van der Waals surface area contributed by atoms with Crippen molar-refractivity contribution < 1.29 is 9.53 Å². The van der Waals surface area contributed by atoms with Crippen molar-refractivity contribution in [1.82, 2.24) is 4.98 Å². The number of rotatable bonds is 4. The summed E-state index contributed by atoms with van der Waals surface area (Å²) in [6.07, 6.45) is 0. The highest BCUT2D eigenvalue weighted by atomic mass is 35.5. The second-order valence-corrected chi connectivity index (χ2v) is 8.26. The van der Waals surface area contributed by atoms with Gasteiger partial charge in [0.1, 0.15) is 10.8 Å². The van der Waals surface area contributed by atoms with E-state index in [-0.39, 0.29) is 22.2 Å². The van der Waals surface area contributed by atoms with Crippen molar-refractivity contribution in [2.75, 3.05) is 12.4 Å². The predicted octanol–water partition coefficient (Wildman–Crippen LogP) is 6.84. The minimum absolute atomic E-state index is 0.273.